The summed E-state index contributed by atoms with van der Waals surface area (Å²) in [5.41, 5.74) is 4.04. The molecule has 18 heavy (non-hydrogen) atoms. The lowest BCUT2D eigenvalue weighted by Gasteiger charge is -2.16. The highest BCUT2D eigenvalue weighted by molar-refractivity contribution is 6.65. The Kier molecular flexibility index (Phi) is 2.77. The van der Waals surface area contributed by atoms with Gasteiger partial charge in [0.15, 0.2) is 0 Å². The van der Waals surface area contributed by atoms with Crippen molar-refractivity contribution in [1.82, 2.24) is 0 Å². The summed E-state index contributed by atoms with van der Waals surface area (Å²) in [4.78, 5) is 11.8. The molecular weight excluding hydrogens is 244 g/mol. The van der Waals surface area contributed by atoms with Crippen molar-refractivity contribution in [2.45, 2.75) is 5.92 Å². The van der Waals surface area contributed by atoms with Gasteiger partial charge in [-0.05, 0) is 33.9 Å². The van der Waals surface area contributed by atoms with Crippen molar-refractivity contribution < 1.29 is 4.79 Å². The van der Waals surface area contributed by atoms with Gasteiger partial charge in [-0.15, -0.1) is 0 Å². The minimum absolute atomic E-state index is 0.335. The molecule has 0 aromatic heterocycles. The normalized spacial score (nSPS) is 13.6. The Bertz CT molecular complexity index is 594. The van der Waals surface area contributed by atoms with Crippen LogP contribution in [0.2, 0.25) is 0 Å². The number of halogens is 1. The molecule has 2 heteroatoms. The monoisotopic (exact) mass is 254 g/mol. The van der Waals surface area contributed by atoms with Gasteiger partial charge < -0.3 is 0 Å². The average molecular weight is 255 g/mol. The van der Waals surface area contributed by atoms with E-state index in [2.05, 4.69) is 0 Å². The number of hydrogen-bond donors (Lipinski definition) is 0. The highest BCUT2D eigenvalue weighted by Crippen LogP contribution is 2.35. The number of carbonyl (C=O) groups excluding carboxylic acids is 1. The zero-order chi connectivity index (χ0) is 12.5. The van der Waals surface area contributed by atoms with E-state index in [1.54, 1.807) is 0 Å². The van der Waals surface area contributed by atoms with Crippen LogP contribution < -0.4 is 0 Å². The smallest absolute Gasteiger partial charge is 0.233 e. The molecule has 1 nitrogen and oxygen atoms in total. The first-order valence-corrected chi connectivity index (χ1v) is 6.20. The molecule has 0 amide bonds. The molecular formula is C16H11ClO. The molecule has 0 saturated carbocycles. The Morgan fingerprint density at radius 3 is 1.72 bits per heavy atom. The van der Waals surface area contributed by atoms with Crippen molar-refractivity contribution in [3.63, 3.8) is 0 Å². The molecule has 2 aromatic carbocycles. The molecule has 0 N–H and O–H groups in total. The molecule has 3 rings (SSSR count). The van der Waals surface area contributed by atoms with Gasteiger partial charge >= 0.3 is 0 Å². The van der Waals surface area contributed by atoms with Crippen LogP contribution in [0.25, 0.3) is 12.2 Å². The topological polar surface area (TPSA) is 17.1 Å². The van der Waals surface area contributed by atoms with E-state index in [-0.39, 0.29) is 11.2 Å². The zero-order valence-corrected chi connectivity index (χ0v) is 10.4. The van der Waals surface area contributed by atoms with E-state index in [9.17, 15) is 4.79 Å². The molecule has 0 unspecified atom stereocenters. The third-order valence-electron chi connectivity index (χ3n) is 3.28. The van der Waals surface area contributed by atoms with Crippen LogP contribution in [0.5, 0.6) is 0 Å². The number of fused-ring (bicyclic) bond motifs is 2. The van der Waals surface area contributed by atoms with Crippen LogP contribution in [0.1, 0.15) is 28.2 Å². The second-order valence-corrected chi connectivity index (χ2v) is 4.70. The summed E-state index contributed by atoms with van der Waals surface area (Å²) in [6.07, 6.45) is 4.07. The minimum Gasteiger partial charge on any atom is -0.280 e. The number of hydrogen-bond acceptors (Lipinski definition) is 1. The molecule has 0 radical (unpaired) electrons. The Hall–Kier alpha value is -1.86. The van der Waals surface area contributed by atoms with E-state index in [0.29, 0.717) is 0 Å². The van der Waals surface area contributed by atoms with Crippen LogP contribution >= 0.6 is 11.6 Å². The van der Waals surface area contributed by atoms with E-state index >= 15 is 0 Å². The first kappa shape index (κ1) is 11.2. The highest BCUT2D eigenvalue weighted by atomic mass is 35.5. The molecule has 0 atom stereocenters. The minimum atomic E-state index is -0.380. The molecule has 0 aliphatic heterocycles. The van der Waals surface area contributed by atoms with Gasteiger partial charge in [0.05, 0.1) is 5.92 Å². The standard InChI is InChI=1S/C16H11ClO/c17-16(18)15-13-7-3-1-5-11(13)9-10-12-6-2-4-8-14(12)15/h1-10,15H. The molecule has 1 aliphatic rings. The van der Waals surface area contributed by atoms with Crippen molar-refractivity contribution in [3.8, 4) is 0 Å². The first-order chi connectivity index (χ1) is 8.77. The van der Waals surface area contributed by atoms with Crippen molar-refractivity contribution in [2.24, 2.45) is 0 Å². The quantitative estimate of drug-likeness (QED) is 0.701. The van der Waals surface area contributed by atoms with Crippen molar-refractivity contribution >= 4 is 29.0 Å². The third kappa shape index (κ3) is 1.77. The van der Waals surface area contributed by atoms with Crippen LogP contribution in [-0.2, 0) is 4.79 Å². The number of carbonyl (C=O) groups is 1. The number of rotatable bonds is 1. The Morgan fingerprint density at radius 2 is 1.28 bits per heavy atom. The molecule has 0 fully saturated rings. The van der Waals surface area contributed by atoms with E-state index in [0.717, 1.165) is 22.3 Å². The summed E-state index contributed by atoms with van der Waals surface area (Å²) in [6, 6.07) is 15.7. The molecule has 88 valence electrons. The lowest BCUT2D eigenvalue weighted by atomic mass is 9.89. The summed E-state index contributed by atoms with van der Waals surface area (Å²) in [7, 11) is 0. The van der Waals surface area contributed by atoms with Gasteiger partial charge in [-0.2, -0.15) is 0 Å². The first-order valence-electron chi connectivity index (χ1n) is 5.82. The maximum atomic E-state index is 11.8. The summed E-state index contributed by atoms with van der Waals surface area (Å²) in [5.74, 6) is -0.380. The SMILES string of the molecule is O=C(Cl)C1c2ccccc2C=Cc2ccccc21. The number of benzene rings is 2. The van der Waals surface area contributed by atoms with Crippen LogP contribution in [-0.4, -0.2) is 5.24 Å². The van der Waals surface area contributed by atoms with Gasteiger partial charge in [0.25, 0.3) is 0 Å². The second kappa shape index (κ2) is 4.43. The summed E-state index contributed by atoms with van der Waals surface area (Å²) < 4.78 is 0. The van der Waals surface area contributed by atoms with Crippen molar-refractivity contribution in [2.75, 3.05) is 0 Å². The maximum Gasteiger partial charge on any atom is 0.233 e. The third-order valence-corrected chi connectivity index (χ3v) is 3.50. The zero-order valence-electron chi connectivity index (χ0n) is 9.64. The molecule has 1 aliphatic carbocycles. The van der Waals surface area contributed by atoms with Gasteiger partial charge in [0.1, 0.15) is 0 Å². The van der Waals surface area contributed by atoms with Gasteiger partial charge in [0, 0.05) is 0 Å². The van der Waals surface area contributed by atoms with Crippen molar-refractivity contribution in [3.05, 3.63) is 70.8 Å². The lowest BCUT2D eigenvalue weighted by Crippen LogP contribution is -2.10. The summed E-state index contributed by atoms with van der Waals surface area (Å²) in [6.45, 7) is 0. The van der Waals surface area contributed by atoms with Crippen molar-refractivity contribution in [1.29, 1.82) is 0 Å². The van der Waals surface area contributed by atoms with E-state index in [4.69, 9.17) is 11.6 Å². The molecule has 0 bridgehead atoms. The van der Waals surface area contributed by atoms with Gasteiger partial charge in [0.2, 0.25) is 5.24 Å². The van der Waals surface area contributed by atoms with Crippen LogP contribution in [0.15, 0.2) is 48.5 Å². The second-order valence-electron chi connectivity index (χ2n) is 4.33. The summed E-state index contributed by atoms with van der Waals surface area (Å²) >= 11 is 5.82. The van der Waals surface area contributed by atoms with Gasteiger partial charge in [-0.3, -0.25) is 4.79 Å². The van der Waals surface area contributed by atoms with E-state index in [1.165, 1.54) is 0 Å². The molecule has 0 heterocycles. The predicted octanol–water partition coefficient (Wildman–Crippen LogP) is 4.07. The van der Waals surface area contributed by atoms with E-state index < -0.39 is 0 Å². The molecule has 2 aromatic rings. The largest absolute Gasteiger partial charge is 0.280 e. The lowest BCUT2D eigenvalue weighted by molar-refractivity contribution is -0.112. The predicted molar refractivity (Wildman–Crippen MR) is 74.5 cm³/mol. The highest BCUT2D eigenvalue weighted by Gasteiger charge is 2.26. The maximum absolute atomic E-state index is 11.8. The van der Waals surface area contributed by atoms with Crippen LogP contribution in [0.4, 0.5) is 0 Å². The van der Waals surface area contributed by atoms with Gasteiger partial charge in [-0.25, -0.2) is 0 Å². The van der Waals surface area contributed by atoms with Crippen LogP contribution in [0, 0.1) is 0 Å². The fraction of sp³-hybridized carbons (Fsp3) is 0.0625. The average Bonchev–Trinajstić information content (AvgIpc) is 2.55. The Labute approximate surface area is 111 Å². The Balaban J connectivity index is 2.31. The van der Waals surface area contributed by atoms with E-state index in [1.807, 2.05) is 60.7 Å². The summed E-state index contributed by atoms with van der Waals surface area (Å²) in [5, 5.41) is -0.335. The van der Waals surface area contributed by atoms with Gasteiger partial charge in [-0.1, -0.05) is 60.7 Å². The molecule has 0 spiro atoms. The Morgan fingerprint density at radius 1 is 0.833 bits per heavy atom. The molecule has 0 saturated heterocycles. The van der Waals surface area contributed by atoms with Crippen LogP contribution in [0.3, 0.4) is 0 Å². The fourth-order valence-electron chi connectivity index (χ4n) is 2.44. The fourth-order valence-corrected chi connectivity index (χ4v) is 2.68.